The van der Waals surface area contributed by atoms with E-state index in [1.54, 1.807) is 18.2 Å². The molecule has 0 radical (unpaired) electrons. The lowest BCUT2D eigenvalue weighted by molar-refractivity contribution is 0.0940. The third kappa shape index (κ3) is 4.08. The molecule has 3 rings (SSSR count). The molecule has 3 aromatic rings. The number of pyridine rings is 1. The van der Waals surface area contributed by atoms with Crippen molar-refractivity contribution in [1.29, 1.82) is 0 Å². The van der Waals surface area contributed by atoms with E-state index in [4.69, 9.17) is 9.47 Å². The Morgan fingerprint density at radius 3 is 2.43 bits per heavy atom. The van der Waals surface area contributed by atoms with Crippen LogP contribution in [0.4, 0.5) is 0 Å². The van der Waals surface area contributed by atoms with Crippen molar-refractivity contribution >= 4 is 42.8 Å². The molecule has 8 nitrogen and oxygen atoms in total. The Kier molecular flexibility index (Phi) is 5.82. The number of hydrogen-bond acceptors (Lipinski definition) is 6. The average Bonchev–Trinajstić information content (AvgIpc) is 2.71. The Morgan fingerprint density at radius 2 is 1.71 bits per heavy atom. The van der Waals surface area contributed by atoms with Crippen LogP contribution < -0.4 is 19.7 Å². The fraction of sp³-hybridized carbons (Fsp3) is 0.111. The van der Waals surface area contributed by atoms with Gasteiger partial charge >= 0.3 is 0 Å². The fourth-order valence-corrected chi connectivity index (χ4v) is 4.34. The van der Waals surface area contributed by atoms with Crippen LogP contribution in [0.5, 0.6) is 11.5 Å². The molecular formula is C18H16BrN3O5S. The minimum atomic E-state index is -4.09. The third-order valence-corrected chi connectivity index (χ3v) is 6.06. The van der Waals surface area contributed by atoms with Crippen LogP contribution in [-0.4, -0.2) is 33.5 Å². The van der Waals surface area contributed by atoms with Crippen LogP contribution in [0.1, 0.15) is 10.5 Å². The van der Waals surface area contributed by atoms with E-state index in [0.29, 0.717) is 11.3 Å². The van der Waals surface area contributed by atoms with Crippen LogP contribution >= 0.6 is 15.9 Å². The molecule has 0 aliphatic rings. The molecule has 2 N–H and O–H groups in total. The molecule has 0 atom stereocenters. The molecule has 1 aromatic heterocycles. The number of methoxy groups -OCH3 is 2. The number of nitrogens with one attached hydrogen (secondary N) is 2. The average molecular weight is 466 g/mol. The first-order valence-electron chi connectivity index (χ1n) is 7.95. The molecule has 0 aliphatic carbocycles. The Balaban J connectivity index is 1.81. The second-order valence-corrected chi connectivity index (χ2v) is 8.09. The van der Waals surface area contributed by atoms with E-state index < -0.39 is 15.9 Å². The summed E-state index contributed by atoms with van der Waals surface area (Å²) in [6, 6.07) is 13.3. The lowest BCUT2D eigenvalue weighted by atomic mass is 10.2. The van der Waals surface area contributed by atoms with Crippen LogP contribution in [0.3, 0.4) is 0 Å². The van der Waals surface area contributed by atoms with Gasteiger partial charge in [-0.1, -0.05) is 24.3 Å². The van der Waals surface area contributed by atoms with Gasteiger partial charge in [0.2, 0.25) is 0 Å². The molecule has 0 unspecified atom stereocenters. The van der Waals surface area contributed by atoms with E-state index in [1.165, 1.54) is 32.4 Å². The highest BCUT2D eigenvalue weighted by atomic mass is 79.9. The molecule has 146 valence electrons. The zero-order valence-corrected chi connectivity index (χ0v) is 17.3. The number of rotatable bonds is 6. The van der Waals surface area contributed by atoms with E-state index in [0.717, 1.165) is 5.39 Å². The number of carbonyl (C=O) groups excluding carboxylic acids is 1. The number of hydrogen-bond donors (Lipinski definition) is 2. The fourth-order valence-electron chi connectivity index (χ4n) is 2.47. The summed E-state index contributed by atoms with van der Waals surface area (Å²) in [4.78, 5) is 18.5. The predicted molar refractivity (Wildman–Crippen MR) is 107 cm³/mol. The largest absolute Gasteiger partial charge is 0.493 e. The molecule has 0 spiro atoms. The smallest absolute Gasteiger partial charge is 0.284 e. The normalized spacial score (nSPS) is 11.2. The number of carbonyl (C=O) groups is 1. The number of aromatic nitrogens is 1. The molecule has 1 heterocycles. The number of fused-ring (bicyclic) bond motifs is 1. The minimum absolute atomic E-state index is 0.0766. The van der Waals surface area contributed by atoms with Crippen LogP contribution in [0.15, 0.2) is 57.9 Å². The van der Waals surface area contributed by atoms with Crippen molar-refractivity contribution in [1.82, 2.24) is 15.2 Å². The lowest BCUT2D eigenvalue weighted by Crippen LogP contribution is -2.42. The van der Waals surface area contributed by atoms with Crippen molar-refractivity contribution in [3.8, 4) is 11.5 Å². The standard InChI is InChI=1S/C18H16BrN3O5S/c1-26-15-9-12(19)17(10-16(15)27-2)28(24,25)22-21-18(23)14-8-7-11-5-3-4-6-13(11)20-14/h3-10,22H,1-2H3,(H,21,23). The molecule has 1 amide bonds. The number of hydrazine groups is 1. The van der Waals surface area contributed by atoms with Gasteiger partial charge in [0.05, 0.1) is 19.7 Å². The van der Waals surface area contributed by atoms with Gasteiger partial charge < -0.3 is 9.47 Å². The zero-order chi connectivity index (χ0) is 20.3. The van der Waals surface area contributed by atoms with Crippen molar-refractivity contribution in [2.24, 2.45) is 0 Å². The van der Waals surface area contributed by atoms with E-state index >= 15 is 0 Å². The number of amides is 1. The van der Waals surface area contributed by atoms with E-state index in [1.807, 2.05) is 12.1 Å². The molecule has 0 saturated carbocycles. The highest BCUT2D eigenvalue weighted by molar-refractivity contribution is 9.10. The Hall–Kier alpha value is -2.69. The first-order chi connectivity index (χ1) is 13.4. The monoisotopic (exact) mass is 465 g/mol. The van der Waals surface area contributed by atoms with Gasteiger partial charge in [0, 0.05) is 15.9 Å². The van der Waals surface area contributed by atoms with Crippen molar-refractivity contribution in [3.63, 3.8) is 0 Å². The zero-order valence-electron chi connectivity index (χ0n) is 14.9. The molecule has 2 aromatic carbocycles. The van der Waals surface area contributed by atoms with Gasteiger partial charge in [-0.15, -0.1) is 4.83 Å². The number of halogens is 1. The van der Waals surface area contributed by atoms with Crippen molar-refractivity contribution < 1.29 is 22.7 Å². The van der Waals surface area contributed by atoms with Gasteiger partial charge in [0.25, 0.3) is 15.9 Å². The minimum Gasteiger partial charge on any atom is -0.493 e. The summed E-state index contributed by atoms with van der Waals surface area (Å²) in [7, 11) is -1.26. The van der Waals surface area contributed by atoms with Gasteiger partial charge in [-0.3, -0.25) is 10.2 Å². The molecule has 0 aliphatic heterocycles. The van der Waals surface area contributed by atoms with Crippen molar-refractivity contribution in [3.05, 3.63) is 58.7 Å². The summed E-state index contributed by atoms with van der Waals surface area (Å²) in [5.74, 6) is -0.0998. The first kappa shape index (κ1) is 20.1. The second kappa shape index (κ2) is 8.13. The summed E-state index contributed by atoms with van der Waals surface area (Å²) in [5, 5.41) is 0.869. The Morgan fingerprint density at radius 1 is 1.04 bits per heavy atom. The van der Waals surface area contributed by atoms with Crippen LogP contribution in [0, 0.1) is 0 Å². The highest BCUT2D eigenvalue weighted by Gasteiger charge is 2.22. The topological polar surface area (TPSA) is 107 Å². The third-order valence-electron chi connectivity index (χ3n) is 3.86. The molecular weight excluding hydrogens is 450 g/mol. The number of nitrogens with zero attached hydrogens (tertiary/aromatic N) is 1. The van der Waals surface area contributed by atoms with Crippen LogP contribution in [0.2, 0.25) is 0 Å². The van der Waals surface area contributed by atoms with Gasteiger partial charge in [0.1, 0.15) is 10.6 Å². The number of ether oxygens (including phenoxy) is 2. The maximum atomic E-state index is 12.6. The van der Waals surface area contributed by atoms with Gasteiger partial charge in [-0.25, -0.2) is 13.4 Å². The maximum absolute atomic E-state index is 12.6. The number of para-hydroxylation sites is 1. The molecule has 0 bridgehead atoms. The van der Waals surface area contributed by atoms with Gasteiger partial charge in [-0.2, -0.15) is 0 Å². The number of benzene rings is 2. The summed E-state index contributed by atoms with van der Waals surface area (Å²) in [6.07, 6.45) is 0. The van der Waals surface area contributed by atoms with Gasteiger partial charge in [0.15, 0.2) is 11.5 Å². The molecule has 0 saturated heterocycles. The van der Waals surface area contributed by atoms with E-state index in [-0.39, 0.29) is 20.8 Å². The second-order valence-electron chi connectivity index (χ2n) is 5.59. The summed E-state index contributed by atoms with van der Waals surface area (Å²) < 4.78 is 35.7. The summed E-state index contributed by atoms with van der Waals surface area (Å²) in [5.41, 5.74) is 2.87. The summed E-state index contributed by atoms with van der Waals surface area (Å²) in [6.45, 7) is 0. The predicted octanol–water partition coefficient (Wildman–Crippen LogP) is 2.64. The molecule has 28 heavy (non-hydrogen) atoms. The Bertz CT molecular complexity index is 1150. The van der Waals surface area contributed by atoms with Gasteiger partial charge in [-0.05, 0) is 34.1 Å². The van der Waals surface area contributed by atoms with E-state index in [9.17, 15) is 13.2 Å². The highest BCUT2D eigenvalue weighted by Crippen LogP contribution is 2.35. The SMILES string of the molecule is COc1cc(Br)c(S(=O)(=O)NNC(=O)c2ccc3ccccc3n2)cc1OC. The quantitative estimate of drug-likeness (QED) is 0.541. The summed E-state index contributed by atoms with van der Waals surface area (Å²) >= 11 is 3.19. The van der Waals surface area contributed by atoms with Crippen molar-refractivity contribution in [2.45, 2.75) is 4.90 Å². The molecule has 0 fully saturated rings. The van der Waals surface area contributed by atoms with Crippen LogP contribution in [0.25, 0.3) is 10.9 Å². The molecule has 10 heteroatoms. The lowest BCUT2D eigenvalue weighted by Gasteiger charge is -2.13. The maximum Gasteiger partial charge on any atom is 0.284 e. The first-order valence-corrected chi connectivity index (χ1v) is 10.2. The van der Waals surface area contributed by atoms with Crippen molar-refractivity contribution in [2.75, 3.05) is 14.2 Å². The Labute approximate surface area is 170 Å². The van der Waals surface area contributed by atoms with E-state index in [2.05, 4.69) is 31.2 Å². The number of sulfonamides is 1. The van der Waals surface area contributed by atoms with Crippen LogP contribution in [-0.2, 0) is 10.0 Å².